The second-order valence-electron chi connectivity index (χ2n) is 4.61. The fraction of sp³-hybridized carbons (Fsp3) is 0.538. The number of amides is 1. The zero-order chi connectivity index (χ0) is 13.7. The van der Waals surface area contributed by atoms with Gasteiger partial charge in [0.15, 0.2) is 0 Å². The molecule has 1 saturated heterocycles. The molecule has 6 nitrogen and oxygen atoms in total. The van der Waals surface area contributed by atoms with Crippen molar-refractivity contribution in [2.24, 2.45) is 0 Å². The summed E-state index contributed by atoms with van der Waals surface area (Å²) in [5.41, 5.74) is 1.28. The number of esters is 1. The van der Waals surface area contributed by atoms with Crippen molar-refractivity contribution in [1.82, 2.24) is 15.6 Å². The molecule has 0 bridgehead atoms. The van der Waals surface area contributed by atoms with Gasteiger partial charge in [-0.2, -0.15) is 0 Å². The smallest absolute Gasteiger partial charge is 0.354 e. The molecule has 0 saturated carbocycles. The molecule has 1 aliphatic rings. The average Bonchev–Trinajstić information content (AvgIpc) is 2.80. The van der Waals surface area contributed by atoms with Crippen LogP contribution < -0.4 is 10.6 Å². The van der Waals surface area contributed by atoms with Crippen molar-refractivity contribution in [3.63, 3.8) is 0 Å². The molecule has 1 atom stereocenters. The molecule has 0 spiro atoms. The standard InChI is InChI=1S/C13H19N3O3/c1-19-13(18)11-6-5-9(16-11)8-15-10-4-2-3-7-14-12(10)17/h5-6,10,15-16H,2-4,7-8H2,1H3,(H,14,17). The Balaban J connectivity index is 1.89. The number of H-pyrrole nitrogens is 1. The van der Waals surface area contributed by atoms with Crippen LogP contribution in [-0.4, -0.2) is 36.6 Å². The molecule has 19 heavy (non-hydrogen) atoms. The van der Waals surface area contributed by atoms with Gasteiger partial charge in [-0.1, -0.05) is 0 Å². The molecule has 0 aromatic carbocycles. The van der Waals surface area contributed by atoms with E-state index in [1.807, 2.05) is 6.07 Å². The van der Waals surface area contributed by atoms with E-state index in [0.717, 1.165) is 31.5 Å². The van der Waals surface area contributed by atoms with Crippen LogP contribution in [-0.2, 0) is 16.1 Å². The number of hydrogen-bond acceptors (Lipinski definition) is 4. The van der Waals surface area contributed by atoms with E-state index in [9.17, 15) is 9.59 Å². The van der Waals surface area contributed by atoms with Gasteiger partial charge in [0.1, 0.15) is 5.69 Å². The number of nitrogens with one attached hydrogen (secondary N) is 3. The Morgan fingerprint density at radius 3 is 3.11 bits per heavy atom. The second kappa shape index (κ2) is 6.38. The number of methoxy groups -OCH3 is 1. The van der Waals surface area contributed by atoms with Gasteiger partial charge in [-0.25, -0.2) is 4.79 Å². The lowest BCUT2D eigenvalue weighted by atomic mass is 10.1. The Kier molecular flexibility index (Phi) is 4.57. The second-order valence-corrected chi connectivity index (χ2v) is 4.61. The lowest BCUT2D eigenvalue weighted by Gasteiger charge is -2.14. The van der Waals surface area contributed by atoms with Gasteiger partial charge >= 0.3 is 5.97 Å². The fourth-order valence-electron chi connectivity index (χ4n) is 2.14. The summed E-state index contributed by atoms with van der Waals surface area (Å²) >= 11 is 0. The summed E-state index contributed by atoms with van der Waals surface area (Å²) in [4.78, 5) is 26.0. The molecule has 1 unspecified atom stereocenters. The summed E-state index contributed by atoms with van der Waals surface area (Å²) in [5, 5.41) is 6.08. The first kappa shape index (κ1) is 13.6. The summed E-state index contributed by atoms with van der Waals surface area (Å²) in [7, 11) is 1.34. The van der Waals surface area contributed by atoms with Crippen LogP contribution in [0.25, 0.3) is 0 Å². The van der Waals surface area contributed by atoms with E-state index in [4.69, 9.17) is 0 Å². The van der Waals surface area contributed by atoms with E-state index in [2.05, 4.69) is 20.4 Å². The van der Waals surface area contributed by atoms with Crippen molar-refractivity contribution in [2.75, 3.05) is 13.7 Å². The lowest BCUT2D eigenvalue weighted by Crippen LogP contribution is -2.42. The number of rotatable bonds is 4. The maximum Gasteiger partial charge on any atom is 0.354 e. The summed E-state index contributed by atoms with van der Waals surface area (Å²) in [6, 6.07) is 3.33. The highest BCUT2D eigenvalue weighted by Gasteiger charge is 2.20. The van der Waals surface area contributed by atoms with Crippen LogP contribution in [0.15, 0.2) is 12.1 Å². The minimum atomic E-state index is -0.390. The summed E-state index contributed by atoms with van der Waals surface area (Å²) < 4.78 is 4.62. The highest BCUT2D eigenvalue weighted by molar-refractivity contribution is 5.87. The number of carbonyl (C=O) groups is 2. The van der Waals surface area contributed by atoms with Crippen LogP contribution in [0.2, 0.25) is 0 Å². The molecule has 1 amide bonds. The SMILES string of the molecule is COC(=O)c1ccc(CNC2CCCCNC2=O)[nH]1. The highest BCUT2D eigenvalue weighted by atomic mass is 16.5. The summed E-state index contributed by atoms with van der Waals surface area (Å²) in [5.74, 6) is -0.337. The Morgan fingerprint density at radius 1 is 1.47 bits per heavy atom. The third kappa shape index (κ3) is 3.57. The number of carbonyl (C=O) groups excluding carboxylic acids is 2. The maximum atomic E-state index is 11.7. The van der Waals surface area contributed by atoms with Crippen LogP contribution in [0, 0.1) is 0 Å². The van der Waals surface area contributed by atoms with Crippen molar-refractivity contribution in [1.29, 1.82) is 0 Å². The van der Waals surface area contributed by atoms with Crippen molar-refractivity contribution in [3.05, 3.63) is 23.5 Å². The zero-order valence-corrected chi connectivity index (χ0v) is 11.0. The number of aromatic nitrogens is 1. The molecule has 0 aliphatic carbocycles. The topological polar surface area (TPSA) is 83.2 Å². The average molecular weight is 265 g/mol. The van der Waals surface area contributed by atoms with Gasteiger partial charge in [0.05, 0.1) is 13.2 Å². The van der Waals surface area contributed by atoms with Gasteiger partial charge in [-0.15, -0.1) is 0 Å². The monoisotopic (exact) mass is 265 g/mol. The number of ether oxygens (including phenoxy) is 1. The van der Waals surface area contributed by atoms with Gasteiger partial charge in [0, 0.05) is 18.8 Å². The summed E-state index contributed by atoms with van der Waals surface area (Å²) in [6.45, 7) is 1.28. The molecule has 2 heterocycles. The Hall–Kier alpha value is -1.82. The number of aromatic amines is 1. The lowest BCUT2D eigenvalue weighted by molar-refractivity contribution is -0.122. The van der Waals surface area contributed by atoms with Crippen molar-refractivity contribution >= 4 is 11.9 Å². The molecule has 1 aromatic rings. The third-order valence-corrected chi connectivity index (χ3v) is 3.23. The quantitative estimate of drug-likeness (QED) is 0.695. The van der Waals surface area contributed by atoms with Crippen LogP contribution in [0.5, 0.6) is 0 Å². The van der Waals surface area contributed by atoms with E-state index in [-0.39, 0.29) is 11.9 Å². The minimum absolute atomic E-state index is 0.0530. The van der Waals surface area contributed by atoms with Crippen molar-refractivity contribution < 1.29 is 14.3 Å². The zero-order valence-electron chi connectivity index (χ0n) is 11.0. The summed E-state index contributed by atoms with van der Waals surface area (Å²) in [6.07, 6.45) is 2.91. The molecule has 0 radical (unpaired) electrons. The first-order valence-electron chi connectivity index (χ1n) is 6.48. The largest absolute Gasteiger partial charge is 0.464 e. The highest BCUT2D eigenvalue weighted by Crippen LogP contribution is 2.08. The van der Waals surface area contributed by atoms with Crippen molar-refractivity contribution in [2.45, 2.75) is 31.8 Å². The van der Waals surface area contributed by atoms with Gasteiger partial charge in [-0.3, -0.25) is 4.79 Å². The Bertz CT molecular complexity index is 456. The molecule has 6 heteroatoms. The first-order valence-corrected chi connectivity index (χ1v) is 6.48. The van der Waals surface area contributed by atoms with Crippen LogP contribution >= 0.6 is 0 Å². The first-order chi connectivity index (χ1) is 9.20. The predicted octanol–water partition coefficient (Wildman–Crippen LogP) is 0.560. The van der Waals surface area contributed by atoms with E-state index in [0.29, 0.717) is 12.2 Å². The van der Waals surface area contributed by atoms with Gasteiger partial charge < -0.3 is 20.4 Å². The molecule has 1 aliphatic heterocycles. The molecule has 104 valence electrons. The maximum absolute atomic E-state index is 11.7. The van der Waals surface area contributed by atoms with Crippen LogP contribution in [0.4, 0.5) is 0 Å². The predicted molar refractivity (Wildman–Crippen MR) is 69.6 cm³/mol. The molecule has 2 rings (SSSR count). The van der Waals surface area contributed by atoms with E-state index < -0.39 is 5.97 Å². The van der Waals surface area contributed by atoms with E-state index >= 15 is 0 Å². The minimum Gasteiger partial charge on any atom is -0.464 e. The van der Waals surface area contributed by atoms with Crippen molar-refractivity contribution in [3.8, 4) is 0 Å². The normalized spacial score (nSPS) is 19.6. The van der Waals surface area contributed by atoms with Crippen LogP contribution in [0.1, 0.15) is 35.4 Å². The number of hydrogen-bond donors (Lipinski definition) is 3. The molecule has 1 fully saturated rings. The fourth-order valence-corrected chi connectivity index (χ4v) is 2.14. The molecular weight excluding hydrogens is 246 g/mol. The third-order valence-electron chi connectivity index (χ3n) is 3.23. The van der Waals surface area contributed by atoms with Crippen LogP contribution in [0.3, 0.4) is 0 Å². The van der Waals surface area contributed by atoms with E-state index in [1.54, 1.807) is 6.07 Å². The van der Waals surface area contributed by atoms with E-state index in [1.165, 1.54) is 7.11 Å². The van der Waals surface area contributed by atoms with Gasteiger partial charge in [-0.05, 0) is 31.4 Å². The molecular formula is C13H19N3O3. The van der Waals surface area contributed by atoms with Gasteiger partial charge in [0.25, 0.3) is 0 Å². The van der Waals surface area contributed by atoms with Gasteiger partial charge in [0.2, 0.25) is 5.91 Å². The molecule has 3 N–H and O–H groups in total. The Morgan fingerprint density at radius 2 is 2.32 bits per heavy atom. The molecule has 1 aromatic heterocycles. The Labute approximate surface area is 111 Å².